The van der Waals surface area contributed by atoms with Crippen molar-refractivity contribution >= 4 is 56.5 Å². The standard InChI is InChI=1S/C3H4Cl4O3S/c4-1(2(5)6)3(7)11(8,9)10/h1-3H,(H,8,9,10). The van der Waals surface area contributed by atoms with Gasteiger partial charge in [0.2, 0.25) is 0 Å². The fourth-order valence-corrected chi connectivity index (χ4v) is 1.91. The molecule has 0 amide bonds. The summed E-state index contributed by atoms with van der Waals surface area (Å²) in [5.41, 5.74) is 0. The average Bonchev–Trinajstić information content (AvgIpc) is 1.82. The molecule has 0 aromatic carbocycles. The molecule has 0 bridgehead atoms. The van der Waals surface area contributed by atoms with E-state index in [-0.39, 0.29) is 0 Å². The van der Waals surface area contributed by atoms with E-state index in [0.29, 0.717) is 0 Å². The maximum absolute atomic E-state index is 10.3. The van der Waals surface area contributed by atoms with E-state index in [1.165, 1.54) is 0 Å². The lowest BCUT2D eigenvalue weighted by molar-refractivity contribution is 0.478. The zero-order valence-electron chi connectivity index (χ0n) is 4.92. The Labute approximate surface area is 84.3 Å². The lowest BCUT2D eigenvalue weighted by Crippen LogP contribution is -2.29. The maximum Gasteiger partial charge on any atom is 0.283 e. The molecular formula is C3H4Cl4O3S. The van der Waals surface area contributed by atoms with Crippen LogP contribution < -0.4 is 0 Å². The van der Waals surface area contributed by atoms with Crippen LogP contribution in [0.3, 0.4) is 0 Å². The number of hydrogen-bond acceptors (Lipinski definition) is 2. The molecule has 0 radical (unpaired) electrons. The van der Waals surface area contributed by atoms with Gasteiger partial charge in [-0.2, -0.15) is 8.42 Å². The molecule has 0 aliphatic heterocycles. The van der Waals surface area contributed by atoms with Gasteiger partial charge in [0.25, 0.3) is 10.1 Å². The van der Waals surface area contributed by atoms with Crippen LogP contribution in [0.5, 0.6) is 0 Å². The number of rotatable bonds is 3. The molecule has 11 heavy (non-hydrogen) atoms. The van der Waals surface area contributed by atoms with Crippen LogP contribution in [0.1, 0.15) is 0 Å². The summed E-state index contributed by atoms with van der Waals surface area (Å²) in [7, 11) is -4.38. The van der Waals surface area contributed by atoms with Crippen molar-refractivity contribution in [3.8, 4) is 0 Å². The van der Waals surface area contributed by atoms with Crippen molar-refractivity contribution in [1.29, 1.82) is 0 Å². The van der Waals surface area contributed by atoms with E-state index < -0.39 is 25.0 Å². The van der Waals surface area contributed by atoms with Crippen molar-refractivity contribution in [1.82, 2.24) is 0 Å². The Balaban J connectivity index is 4.38. The van der Waals surface area contributed by atoms with Gasteiger partial charge in [0.15, 0.2) is 4.71 Å². The van der Waals surface area contributed by atoms with Gasteiger partial charge in [-0.25, -0.2) is 0 Å². The highest BCUT2D eigenvalue weighted by Gasteiger charge is 2.32. The van der Waals surface area contributed by atoms with Crippen molar-refractivity contribution in [2.24, 2.45) is 0 Å². The molecule has 3 nitrogen and oxygen atoms in total. The summed E-state index contributed by atoms with van der Waals surface area (Å²) in [5.74, 6) is 0. The molecule has 0 fully saturated rings. The molecule has 0 aliphatic carbocycles. The molecule has 0 aromatic rings. The molecule has 0 aliphatic rings. The third kappa shape index (κ3) is 4.01. The normalized spacial score (nSPS) is 18.4. The highest BCUT2D eigenvalue weighted by Crippen LogP contribution is 2.24. The van der Waals surface area contributed by atoms with Gasteiger partial charge in [-0.1, -0.05) is 0 Å². The number of hydrogen-bond donors (Lipinski definition) is 1. The third-order valence-electron chi connectivity index (χ3n) is 0.776. The molecule has 0 aromatic heterocycles. The van der Waals surface area contributed by atoms with Crippen LogP contribution in [-0.2, 0) is 10.1 Å². The Bertz CT molecular complexity index is 213. The SMILES string of the molecule is O=S(=O)(O)C(Cl)C(Cl)C(Cl)Cl. The van der Waals surface area contributed by atoms with E-state index in [9.17, 15) is 8.42 Å². The van der Waals surface area contributed by atoms with Crippen molar-refractivity contribution in [3.05, 3.63) is 0 Å². The average molecular weight is 262 g/mol. The van der Waals surface area contributed by atoms with E-state index in [4.69, 9.17) is 51.0 Å². The first kappa shape index (κ1) is 12.1. The quantitative estimate of drug-likeness (QED) is 0.623. The highest BCUT2D eigenvalue weighted by molar-refractivity contribution is 7.87. The monoisotopic (exact) mass is 260 g/mol. The molecule has 2 unspecified atom stereocenters. The predicted molar refractivity (Wildman–Crippen MR) is 46.3 cm³/mol. The van der Waals surface area contributed by atoms with Gasteiger partial charge < -0.3 is 0 Å². The van der Waals surface area contributed by atoms with Crippen LogP contribution in [-0.4, -0.2) is 27.9 Å². The highest BCUT2D eigenvalue weighted by atomic mass is 35.5. The van der Waals surface area contributed by atoms with E-state index in [0.717, 1.165) is 0 Å². The molecule has 0 rings (SSSR count). The fourth-order valence-electron chi connectivity index (χ4n) is 0.279. The van der Waals surface area contributed by atoms with Gasteiger partial charge in [-0.05, 0) is 0 Å². The van der Waals surface area contributed by atoms with Gasteiger partial charge >= 0.3 is 0 Å². The molecule has 0 spiro atoms. The van der Waals surface area contributed by atoms with Crippen LogP contribution >= 0.6 is 46.4 Å². The van der Waals surface area contributed by atoms with Crippen LogP contribution in [0.2, 0.25) is 0 Å². The topological polar surface area (TPSA) is 54.4 Å². The minimum atomic E-state index is -4.38. The Hall–Kier alpha value is 1.07. The number of halogens is 4. The third-order valence-corrected chi connectivity index (χ3v) is 4.17. The smallest absolute Gasteiger partial charge is 0.283 e. The first-order valence-corrected chi connectivity index (χ1v) is 5.54. The molecule has 8 heteroatoms. The summed E-state index contributed by atoms with van der Waals surface area (Å²) in [6.45, 7) is 0. The van der Waals surface area contributed by atoms with Crippen molar-refractivity contribution in [2.45, 2.75) is 14.9 Å². The molecule has 2 atom stereocenters. The molecule has 68 valence electrons. The molecule has 0 saturated heterocycles. The van der Waals surface area contributed by atoms with Crippen molar-refractivity contribution in [2.75, 3.05) is 0 Å². The van der Waals surface area contributed by atoms with Crippen molar-refractivity contribution < 1.29 is 13.0 Å². The lowest BCUT2D eigenvalue weighted by atomic mass is 10.5. The second kappa shape index (κ2) is 4.35. The number of alkyl halides is 4. The Morgan fingerprint density at radius 2 is 1.45 bits per heavy atom. The minimum Gasteiger partial charge on any atom is -0.284 e. The van der Waals surface area contributed by atoms with Crippen LogP contribution in [0.15, 0.2) is 0 Å². The maximum atomic E-state index is 10.3. The molecule has 0 heterocycles. The van der Waals surface area contributed by atoms with Crippen LogP contribution in [0.4, 0.5) is 0 Å². The summed E-state index contributed by atoms with van der Waals surface area (Å²) < 4.78 is 27.3. The first-order valence-electron chi connectivity index (χ1n) is 2.29. The van der Waals surface area contributed by atoms with Gasteiger partial charge in [-0.15, -0.1) is 46.4 Å². The van der Waals surface area contributed by atoms with E-state index >= 15 is 0 Å². The van der Waals surface area contributed by atoms with E-state index in [2.05, 4.69) is 0 Å². The van der Waals surface area contributed by atoms with E-state index in [1.54, 1.807) is 0 Å². The van der Waals surface area contributed by atoms with Gasteiger partial charge in [0, 0.05) is 0 Å². The molecular weight excluding hydrogens is 258 g/mol. The van der Waals surface area contributed by atoms with Gasteiger partial charge in [-0.3, -0.25) is 4.55 Å². The summed E-state index contributed by atoms with van der Waals surface area (Å²) in [6, 6.07) is 0. The van der Waals surface area contributed by atoms with Crippen LogP contribution in [0.25, 0.3) is 0 Å². The van der Waals surface area contributed by atoms with E-state index in [1.807, 2.05) is 0 Å². The second-order valence-corrected chi connectivity index (χ2v) is 5.58. The molecule has 1 N–H and O–H groups in total. The Morgan fingerprint density at radius 3 is 1.55 bits per heavy atom. The van der Waals surface area contributed by atoms with Gasteiger partial charge in [0.05, 0.1) is 5.38 Å². The predicted octanol–water partition coefficient (Wildman–Crippen LogP) is 1.85. The Kier molecular flexibility index (Phi) is 4.77. The summed E-state index contributed by atoms with van der Waals surface area (Å²) >= 11 is 20.9. The zero-order valence-corrected chi connectivity index (χ0v) is 8.76. The summed E-state index contributed by atoms with van der Waals surface area (Å²) in [6.07, 6.45) is 0. The second-order valence-electron chi connectivity index (χ2n) is 1.65. The van der Waals surface area contributed by atoms with Crippen molar-refractivity contribution in [3.63, 3.8) is 0 Å². The fraction of sp³-hybridized carbons (Fsp3) is 1.00. The first-order chi connectivity index (χ1) is 4.76. The minimum absolute atomic E-state index is 1.15. The summed E-state index contributed by atoms with van der Waals surface area (Å²) in [5, 5.41) is -1.24. The summed E-state index contributed by atoms with van der Waals surface area (Å²) in [4.78, 5) is -1.15. The molecule has 0 saturated carbocycles. The largest absolute Gasteiger partial charge is 0.284 e. The van der Waals surface area contributed by atoms with Crippen LogP contribution in [0, 0.1) is 0 Å². The zero-order chi connectivity index (χ0) is 9.23. The lowest BCUT2D eigenvalue weighted by Gasteiger charge is -2.13. The Morgan fingerprint density at radius 1 is 1.09 bits per heavy atom. The van der Waals surface area contributed by atoms with Gasteiger partial charge in [0.1, 0.15) is 4.84 Å².